The van der Waals surface area contributed by atoms with Crippen LogP contribution in [-0.2, 0) is 4.74 Å². The van der Waals surface area contributed by atoms with Gasteiger partial charge in [0, 0.05) is 13.6 Å². The number of hydrogen-bond acceptors (Lipinski definition) is 6. The van der Waals surface area contributed by atoms with Gasteiger partial charge in [-0.15, -0.1) is 0 Å². The van der Waals surface area contributed by atoms with Crippen molar-refractivity contribution in [1.29, 1.82) is 0 Å². The maximum Gasteiger partial charge on any atom is 0.344 e. The number of rotatable bonds is 3. The van der Waals surface area contributed by atoms with Crippen molar-refractivity contribution < 1.29 is 9.53 Å². The zero-order valence-corrected chi connectivity index (χ0v) is 11.7. The highest BCUT2D eigenvalue weighted by Gasteiger charge is 2.24. The molecule has 0 bridgehead atoms. The van der Waals surface area contributed by atoms with Gasteiger partial charge in [0.15, 0.2) is 5.82 Å². The third kappa shape index (κ3) is 3.33. The predicted molar refractivity (Wildman–Crippen MR) is 70.6 cm³/mol. The molecule has 0 saturated heterocycles. The Morgan fingerprint density at radius 3 is 2.59 bits per heavy atom. The van der Waals surface area contributed by atoms with Gasteiger partial charge in [0.1, 0.15) is 10.6 Å². The number of carbonyl (C=O) groups is 1. The monoisotopic (exact) mass is 257 g/mol. The molecule has 0 aliphatic rings. The van der Waals surface area contributed by atoms with E-state index in [4.69, 9.17) is 10.5 Å². The maximum atomic E-state index is 11.6. The Kier molecular flexibility index (Phi) is 3.98. The molecule has 1 heterocycles. The van der Waals surface area contributed by atoms with Gasteiger partial charge in [-0.05, 0) is 16.9 Å². The first kappa shape index (κ1) is 13.8. The zero-order valence-electron chi connectivity index (χ0n) is 10.9. The number of ether oxygens (including phenoxy) is 1. The van der Waals surface area contributed by atoms with Crippen LogP contribution < -0.4 is 10.6 Å². The van der Waals surface area contributed by atoms with Crippen LogP contribution in [0.15, 0.2) is 0 Å². The van der Waals surface area contributed by atoms with Crippen LogP contribution in [-0.4, -0.2) is 31.0 Å². The van der Waals surface area contributed by atoms with E-state index in [1.165, 1.54) is 18.6 Å². The summed E-state index contributed by atoms with van der Waals surface area (Å²) in [5, 5.41) is 0.754. The van der Waals surface area contributed by atoms with Crippen molar-refractivity contribution in [2.45, 2.75) is 20.8 Å². The number of nitrogens with zero attached hydrogens (tertiary/aromatic N) is 2. The average molecular weight is 257 g/mol. The van der Waals surface area contributed by atoms with Crippen LogP contribution in [0.1, 0.15) is 31.1 Å². The molecule has 96 valence electrons. The first-order chi connectivity index (χ1) is 7.76. The summed E-state index contributed by atoms with van der Waals surface area (Å²) < 4.78 is 8.73. The fraction of sp³-hybridized carbons (Fsp3) is 0.636. The van der Waals surface area contributed by atoms with E-state index in [9.17, 15) is 4.79 Å². The molecular formula is C11H19N3O2S. The average Bonchev–Trinajstić information content (AvgIpc) is 2.56. The molecule has 0 aliphatic carbocycles. The second kappa shape index (κ2) is 4.91. The number of nitrogens with two attached hydrogens (primary N) is 1. The van der Waals surface area contributed by atoms with Crippen molar-refractivity contribution in [2.24, 2.45) is 5.41 Å². The number of anilines is 2. The number of carbonyl (C=O) groups excluding carboxylic acids is 1. The smallest absolute Gasteiger partial charge is 0.344 e. The SMILES string of the molecule is COC(=O)c1c(N)nsc1N(C)CC(C)(C)C. The zero-order chi connectivity index (χ0) is 13.2. The fourth-order valence-corrected chi connectivity index (χ4v) is 2.39. The molecule has 0 unspecified atom stereocenters. The van der Waals surface area contributed by atoms with Crippen molar-refractivity contribution in [2.75, 3.05) is 31.3 Å². The highest BCUT2D eigenvalue weighted by atomic mass is 32.1. The molecular weight excluding hydrogens is 238 g/mol. The van der Waals surface area contributed by atoms with Crippen LogP contribution in [0, 0.1) is 5.41 Å². The molecule has 0 atom stereocenters. The Bertz CT molecular complexity index is 409. The summed E-state index contributed by atoms with van der Waals surface area (Å²) in [7, 11) is 3.26. The molecule has 0 spiro atoms. The maximum absolute atomic E-state index is 11.6. The van der Waals surface area contributed by atoms with Gasteiger partial charge < -0.3 is 15.4 Å². The molecule has 0 aliphatic heterocycles. The molecule has 17 heavy (non-hydrogen) atoms. The Labute approximate surface area is 106 Å². The second-order valence-electron chi connectivity index (χ2n) is 5.16. The number of methoxy groups -OCH3 is 1. The van der Waals surface area contributed by atoms with Gasteiger partial charge in [-0.3, -0.25) is 0 Å². The summed E-state index contributed by atoms with van der Waals surface area (Å²) in [5.74, 6) is -0.204. The fourth-order valence-electron chi connectivity index (χ4n) is 1.63. The van der Waals surface area contributed by atoms with Crippen molar-refractivity contribution in [3.8, 4) is 0 Å². The van der Waals surface area contributed by atoms with E-state index < -0.39 is 5.97 Å². The minimum Gasteiger partial charge on any atom is -0.465 e. The largest absolute Gasteiger partial charge is 0.465 e. The van der Waals surface area contributed by atoms with Gasteiger partial charge in [0.05, 0.1) is 7.11 Å². The molecule has 0 radical (unpaired) electrons. The molecule has 6 heteroatoms. The van der Waals surface area contributed by atoms with E-state index in [1.807, 2.05) is 11.9 Å². The molecule has 2 N–H and O–H groups in total. The quantitative estimate of drug-likeness (QED) is 0.839. The van der Waals surface area contributed by atoms with Gasteiger partial charge in [-0.2, -0.15) is 4.37 Å². The summed E-state index contributed by atoms with van der Waals surface area (Å²) in [6.07, 6.45) is 0. The minimum absolute atomic E-state index is 0.126. The summed E-state index contributed by atoms with van der Waals surface area (Å²) in [6.45, 7) is 7.20. The van der Waals surface area contributed by atoms with E-state index in [2.05, 4.69) is 25.1 Å². The van der Waals surface area contributed by atoms with E-state index in [0.717, 1.165) is 11.5 Å². The summed E-state index contributed by atoms with van der Waals surface area (Å²) in [6, 6.07) is 0. The summed E-state index contributed by atoms with van der Waals surface area (Å²) in [4.78, 5) is 13.6. The van der Waals surface area contributed by atoms with Gasteiger partial charge in [-0.1, -0.05) is 20.8 Å². The van der Waals surface area contributed by atoms with Gasteiger partial charge in [0.25, 0.3) is 0 Å². The molecule has 0 fully saturated rings. The van der Waals surface area contributed by atoms with E-state index >= 15 is 0 Å². The Balaban J connectivity index is 3.02. The van der Waals surface area contributed by atoms with E-state index in [1.54, 1.807) is 0 Å². The van der Waals surface area contributed by atoms with Crippen molar-refractivity contribution in [3.05, 3.63) is 5.56 Å². The highest BCUT2D eigenvalue weighted by Crippen LogP contribution is 2.32. The van der Waals surface area contributed by atoms with Crippen LogP contribution >= 0.6 is 11.5 Å². The third-order valence-corrected chi connectivity index (χ3v) is 3.12. The Morgan fingerprint density at radius 1 is 1.53 bits per heavy atom. The van der Waals surface area contributed by atoms with Crippen LogP contribution in [0.3, 0.4) is 0 Å². The second-order valence-corrected chi connectivity index (χ2v) is 5.91. The molecule has 0 amide bonds. The van der Waals surface area contributed by atoms with E-state index in [0.29, 0.717) is 5.56 Å². The Hall–Kier alpha value is -1.30. The molecule has 0 saturated carbocycles. The number of aromatic nitrogens is 1. The van der Waals surface area contributed by atoms with Crippen LogP contribution in [0.5, 0.6) is 0 Å². The van der Waals surface area contributed by atoms with Crippen molar-refractivity contribution >= 4 is 28.3 Å². The lowest BCUT2D eigenvalue weighted by atomic mass is 9.96. The number of esters is 1. The highest BCUT2D eigenvalue weighted by molar-refractivity contribution is 7.11. The number of hydrogen-bond donors (Lipinski definition) is 1. The normalized spacial score (nSPS) is 11.4. The molecule has 1 rings (SSSR count). The van der Waals surface area contributed by atoms with Crippen molar-refractivity contribution in [3.63, 3.8) is 0 Å². The third-order valence-electron chi connectivity index (χ3n) is 2.15. The predicted octanol–water partition coefficient (Wildman–Crippen LogP) is 1.99. The van der Waals surface area contributed by atoms with Crippen LogP contribution in [0.25, 0.3) is 0 Å². The summed E-state index contributed by atoms with van der Waals surface area (Å²) >= 11 is 1.22. The molecule has 1 aromatic rings. The lowest BCUT2D eigenvalue weighted by molar-refractivity contribution is 0.0603. The molecule has 1 aromatic heterocycles. The van der Waals surface area contributed by atoms with Crippen molar-refractivity contribution in [1.82, 2.24) is 4.37 Å². The molecule has 5 nitrogen and oxygen atoms in total. The van der Waals surface area contributed by atoms with Gasteiger partial charge in [0.2, 0.25) is 0 Å². The Morgan fingerprint density at radius 2 is 2.12 bits per heavy atom. The topological polar surface area (TPSA) is 68.5 Å². The molecule has 0 aromatic carbocycles. The summed E-state index contributed by atoms with van der Waals surface area (Å²) in [5.41, 5.74) is 6.18. The first-order valence-electron chi connectivity index (χ1n) is 5.31. The lowest BCUT2D eigenvalue weighted by Gasteiger charge is -2.27. The van der Waals surface area contributed by atoms with Crippen LogP contribution in [0.2, 0.25) is 0 Å². The van der Waals surface area contributed by atoms with Gasteiger partial charge in [-0.25, -0.2) is 4.79 Å². The van der Waals surface area contributed by atoms with E-state index in [-0.39, 0.29) is 11.2 Å². The minimum atomic E-state index is -0.438. The standard InChI is InChI=1S/C11H19N3O2S/c1-11(2,3)6-14(4)9-7(10(15)16-5)8(12)13-17-9/h6H2,1-5H3,(H2,12,13). The first-order valence-corrected chi connectivity index (χ1v) is 6.08. The van der Waals surface area contributed by atoms with Gasteiger partial charge >= 0.3 is 5.97 Å². The van der Waals surface area contributed by atoms with Crippen LogP contribution in [0.4, 0.5) is 10.8 Å². The lowest BCUT2D eigenvalue weighted by Crippen LogP contribution is -2.29. The number of nitrogen functional groups attached to an aromatic ring is 1.